The highest BCUT2D eigenvalue weighted by Crippen LogP contribution is 2.45. The lowest BCUT2D eigenvalue weighted by Crippen LogP contribution is -2.11. The number of hydrogen-bond acceptors (Lipinski definition) is 2. The van der Waals surface area contributed by atoms with Gasteiger partial charge in [-0.1, -0.05) is 194 Å². The molecule has 0 saturated carbocycles. The number of anilines is 3. The van der Waals surface area contributed by atoms with Gasteiger partial charge < -0.3 is 13.9 Å². The van der Waals surface area contributed by atoms with E-state index in [1.165, 1.54) is 49.6 Å². The second kappa shape index (κ2) is 16.9. The summed E-state index contributed by atoms with van der Waals surface area (Å²) >= 11 is 0. The van der Waals surface area contributed by atoms with Crippen molar-refractivity contribution in [2.75, 3.05) is 4.90 Å². The molecule has 0 saturated heterocycles. The molecule has 0 N–H and O–H groups in total. The Morgan fingerprint density at radius 2 is 0.768 bits per heavy atom. The number of fused-ring (bicyclic) bond motifs is 6. The second-order valence-corrected chi connectivity index (χ2v) is 17.6. The zero-order valence-corrected chi connectivity index (χ0v) is 37.7. The van der Waals surface area contributed by atoms with Crippen LogP contribution in [0.25, 0.3) is 105 Å². The van der Waals surface area contributed by atoms with Crippen LogP contribution in [0.3, 0.4) is 0 Å². The van der Waals surface area contributed by atoms with Gasteiger partial charge in [0.1, 0.15) is 11.2 Å². The van der Waals surface area contributed by atoms with Gasteiger partial charge in [-0.2, -0.15) is 0 Å². The molecule has 0 radical (unpaired) electrons. The van der Waals surface area contributed by atoms with Crippen molar-refractivity contribution in [1.82, 2.24) is 4.57 Å². The van der Waals surface area contributed by atoms with Gasteiger partial charge in [0.15, 0.2) is 0 Å². The maximum Gasteiger partial charge on any atom is 0.136 e. The van der Waals surface area contributed by atoms with Crippen LogP contribution in [0.15, 0.2) is 271 Å². The molecule has 0 aliphatic heterocycles. The highest BCUT2D eigenvalue weighted by Gasteiger charge is 2.21. The minimum absolute atomic E-state index is 0.880. The summed E-state index contributed by atoms with van der Waals surface area (Å²) in [6.07, 6.45) is 0. The first kappa shape index (κ1) is 40.1. The van der Waals surface area contributed by atoms with Crippen LogP contribution in [-0.2, 0) is 0 Å². The van der Waals surface area contributed by atoms with E-state index in [1.54, 1.807) is 0 Å². The van der Waals surface area contributed by atoms with E-state index in [2.05, 4.69) is 270 Å². The normalized spacial score (nSPS) is 11.5. The number of furan rings is 1. The number of hydrogen-bond donors (Lipinski definition) is 0. The van der Waals surface area contributed by atoms with Gasteiger partial charge in [0, 0.05) is 44.2 Å². The van der Waals surface area contributed by atoms with Crippen molar-refractivity contribution in [2.24, 2.45) is 0 Å². The molecule has 0 amide bonds. The maximum atomic E-state index is 6.44. The first-order valence-electron chi connectivity index (χ1n) is 23.6. The molecular weight excluding hydrogens is 837 g/mol. The molecule has 0 bridgehead atoms. The summed E-state index contributed by atoms with van der Waals surface area (Å²) in [5.41, 5.74) is 20.0. The van der Waals surface area contributed by atoms with Crippen LogP contribution in [0.2, 0.25) is 0 Å². The standard InChI is InChI=1S/C66H44N2O/c1-3-18-45(19-4-1)46-34-38-51(39-35-46)67(61-29-13-9-24-57(61)56-23-8-7-22-54(56)48-20-5-2-6-21-48)52-40-36-47(37-41-52)49-42-50(55-28-17-33-65-66(55)60-27-12-16-32-64(60)69-65)44-53(43-49)68-62-30-14-10-25-58(62)59-26-11-15-31-63(59)68/h1-44H. The third-order valence-electron chi connectivity index (χ3n) is 13.6. The molecule has 3 heteroatoms. The molecule has 2 aromatic heterocycles. The molecule has 13 aromatic rings. The van der Waals surface area contributed by atoms with Gasteiger partial charge >= 0.3 is 0 Å². The molecule has 0 atom stereocenters. The molecule has 3 nitrogen and oxygen atoms in total. The monoisotopic (exact) mass is 880 g/mol. The number of para-hydroxylation sites is 4. The molecule has 0 aliphatic rings. The van der Waals surface area contributed by atoms with Crippen molar-refractivity contribution in [3.63, 3.8) is 0 Å². The summed E-state index contributed by atoms with van der Waals surface area (Å²) in [4.78, 5) is 2.40. The lowest BCUT2D eigenvalue weighted by atomic mass is 9.93. The van der Waals surface area contributed by atoms with E-state index in [0.29, 0.717) is 0 Å². The fourth-order valence-electron chi connectivity index (χ4n) is 10.4. The lowest BCUT2D eigenvalue weighted by molar-refractivity contribution is 0.669. The molecule has 69 heavy (non-hydrogen) atoms. The maximum absolute atomic E-state index is 6.44. The first-order valence-corrected chi connectivity index (χ1v) is 23.6. The molecule has 2 heterocycles. The molecule has 0 aliphatic carbocycles. The molecule has 13 rings (SSSR count). The van der Waals surface area contributed by atoms with Crippen LogP contribution >= 0.6 is 0 Å². The fraction of sp³-hybridized carbons (Fsp3) is 0. The number of rotatable bonds is 9. The summed E-state index contributed by atoms with van der Waals surface area (Å²) in [5.74, 6) is 0. The Bertz CT molecular complexity index is 3940. The van der Waals surface area contributed by atoms with Crippen molar-refractivity contribution in [1.29, 1.82) is 0 Å². The van der Waals surface area contributed by atoms with Crippen molar-refractivity contribution in [3.8, 4) is 61.3 Å². The SMILES string of the molecule is c1ccc(-c2ccc(N(c3ccc(-c4cc(-c5cccc6oc7ccccc7c56)cc(-n5c6ccccc6c6ccccc65)c4)cc3)c3ccccc3-c3ccccc3-c3ccccc3)cc2)cc1. The summed E-state index contributed by atoms with van der Waals surface area (Å²) in [5, 5.41) is 4.70. The lowest BCUT2D eigenvalue weighted by Gasteiger charge is -2.29. The van der Waals surface area contributed by atoms with Gasteiger partial charge in [0.25, 0.3) is 0 Å². The van der Waals surface area contributed by atoms with Crippen LogP contribution in [0.5, 0.6) is 0 Å². The van der Waals surface area contributed by atoms with Gasteiger partial charge in [-0.05, 0) is 123 Å². The number of nitrogens with zero attached hydrogens (tertiary/aromatic N) is 2. The van der Waals surface area contributed by atoms with Crippen LogP contribution in [0.1, 0.15) is 0 Å². The quantitative estimate of drug-likeness (QED) is 0.144. The van der Waals surface area contributed by atoms with Crippen molar-refractivity contribution in [3.05, 3.63) is 267 Å². The van der Waals surface area contributed by atoms with Gasteiger partial charge in [-0.15, -0.1) is 0 Å². The Balaban J connectivity index is 0.993. The molecule has 324 valence electrons. The average Bonchev–Trinajstić information content (AvgIpc) is 3.98. The van der Waals surface area contributed by atoms with Gasteiger partial charge in [0.2, 0.25) is 0 Å². The van der Waals surface area contributed by atoms with Crippen LogP contribution in [0.4, 0.5) is 17.1 Å². The summed E-state index contributed by atoms with van der Waals surface area (Å²) in [6, 6.07) is 96.2. The van der Waals surface area contributed by atoms with E-state index in [0.717, 1.165) is 72.5 Å². The second-order valence-electron chi connectivity index (χ2n) is 17.6. The van der Waals surface area contributed by atoms with E-state index in [-0.39, 0.29) is 0 Å². The predicted octanol–water partition coefficient (Wildman–Crippen LogP) is 18.5. The Morgan fingerprint density at radius 3 is 1.45 bits per heavy atom. The average molecular weight is 881 g/mol. The zero-order chi connectivity index (χ0) is 45.7. The minimum atomic E-state index is 0.880. The molecule has 0 unspecified atom stereocenters. The first-order chi connectivity index (χ1) is 34.2. The van der Waals surface area contributed by atoms with E-state index < -0.39 is 0 Å². The fourth-order valence-corrected chi connectivity index (χ4v) is 10.4. The number of aromatic nitrogens is 1. The Morgan fingerprint density at radius 1 is 0.290 bits per heavy atom. The van der Waals surface area contributed by atoms with E-state index in [1.807, 2.05) is 6.07 Å². The van der Waals surface area contributed by atoms with Gasteiger partial charge in [-0.3, -0.25) is 0 Å². The van der Waals surface area contributed by atoms with E-state index >= 15 is 0 Å². The van der Waals surface area contributed by atoms with Gasteiger partial charge in [0.05, 0.1) is 16.7 Å². The van der Waals surface area contributed by atoms with Crippen molar-refractivity contribution < 1.29 is 4.42 Å². The largest absolute Gasteiger partial charge is 0.456 e. The Hall–Kier alpha value is -9.18. The minimum Gasteiger partial charge on any atom is -0.456 e. The number of benzene rings is 11. The highest BCUT2D eigenvalue weighted by molar-refractivity contribution is 6.13. The summed E-state index contributed by atoms with van der Waals surface area (Å²) < 4.78 is 8.86. The smallest absolute Gasteiger partial charge is 0.136 e. The third kappa shape index (κ3) is 7.08. The van der Waals surface area contributed by atoms with E-state index in [4.69, 9.17) is 4.42 Å². The summed E-state index contributed by atoms with van der Waals surface area (Å²) in [7, 11) is 0. The topological polar surface area (TPSA) is 21.3 Å². The van der Waals surface area contributed by atoms with E-state index in [9.17, 15) is 0 Å². The zero-order valence-electron chi connectivity index (χ0n) is 37.7. The molecule has 11 aromatic carbocycles. The molecule has 0 fully saturated rings. The third-order valence-corrected chi connectivity index (χ3v) is 13.6. The Labute approximate surface area is 401 Å². The molecule has 0 spiro atoms. The van der Waals surface area contributed by atoms with Crippen molar-refractivity contribution >= 4 is 60.8 Å². The van der Waals surface area contributed by atoms with Crippen molar-refractivity contribution in [2.45, 2.75) is 0 Å². The Kier molecular flexibility index (Phi) is 9.84. The van der Waals surface area contributed by atoms with Crippen LogP contribution in [-0.4, -0.2) is 4.57 Å². The van der Waals surface area contributed by atoms with Gasteiger partial charge in [-0.25, -0.2) is 0 Å². The highest BCUT2D eigenvalue weighted by atomic mass is 16.3. The van der Waals surface area contributed by atoms with Crippen LogP contribution < -0.4 is 4.90 Å². The predicted molar refractivity (Wildman–Crippen MR) is 290 cm³/mol. The van der Waals surface area contributed by atoms with Crippen LogP contribution in [0, 0.1) is 0 Å². The summed E-state index contributed by atoms with van der Waals surface area (Å²) in [6.45, 7) is 0. The molecular formula is C66H44N2O.